The van der Waals surface area contributed by atoms with Crippen molar-refractivity contribution in [3.8, 4) is 0 Å². The van der Waals surface area contributed by atoms with E-state index in [2.05, 4.69) is 17.9 Å². The molecule has 0 aromatic heterocycles. The molecule has 21 heavy (non-hydrogen) atoms. The molecular weight excluding hydrogens is 286 g/mol. The lowest BCUT2D eigenvalue weighted by Crippen LogP contribution is -2.39. The third-order valence-corrected chi connectivity index (χ3v) is 3.31. The fraction of sp³-hybridized carbons (Fsp3) is 0.125. The van der Waals surface area contributed by atoms with Crippen molar-refractivity contribution in [3.05, 3.63) is 71.8 Å². The highest BCUT2D eigenvalue weighted by Gasteiger charge is 2.27. The number of hydrogen-bond acceptors (Lipinski definition) is 3. The molecule has 5 heteroatoms. The molecule has 108 valence electrons. The van der Waals surface area contributed by atoms with Crippen molar-refractivity contribution in [1.29, 1.82) is 0 Å². The monoisotopic (exact) mass is 301 g/mol. The molecule has 0 heterocycles. The van der Waals surface area contributed by atoms with Crippen LogP contribution in [0, 0.1) is 0 Å². The summed E-state index contributed by atoms with van der Waals surface area (Å²) in [5.41, 5.74) is 1.09. The lowest BCUT2D eigenvalue weighted by Gasteiger charge is -2.22. The Hall–Kier alpha value is -2.11. The summed E-state index contributed by atoms with van der Waals surface area (Å²) in [6.45, 7) is 0. The van der Waals surface area contributed by atoms with Crippen LogP contribution >= 0.6 is 12.6 Å². The van der Waals surface area contributed by atoms with Gasteiger partial charge in [0.15, 0.2) is 0 Å². The van der Waals surface area contributed by atoms with Crippen molar-refractivity contribution in [1.82, 2.24) is 5.32 Å². The number of rotatable bonds is 5. The Morgan fingerprint density at radius 2 is 1.48 bits per heavy atom. The Morgan fingerprint density at radius 1 is 0.952 bits per heavy atom. The van der Waals surface area contributed by atoms with Crippen molar-refractivity contribution in [2.24, 2.45) is 0 Å². The highest BCUT2D eigenvalue weighted by Crippen LogP contribution is 2.19. The third-order valence-electron chi connectivity index (χ3n) is 3.05. The van der Waals surface area contributed by atoms with E-state index in [0.29, 0.717) is 11.1 Å². The van der Waals surface area contributed by atoms with Crippen LogP contribution in [0.1, 0.15) is 22.0 Å². The van der Waals surface area contributed by atoms with Gasteiger partial charge < -0.3 is 10.4 Å². The largest absolute Gasteiger partial charge is 0.382 e. The van der Waals surface area contributed by atoms with E-state index in [1.165, 1.54) is 0 Å². The minimum absolute atomic E-state index is 0.363. The SMILES string of the molecule is O=C(NC(c1ccccc1)C(O)C(=O)S)c1ccccc1. The summed E-state index contributed by atoms with van der Waals surface area (Å²) in [5.74, 6) is -0.363. The highest BCUT2D eigenvalue weighted by molar-refractivity contribution is 7.96. The van der Waals surface area contributed by atoms with Gasteiger partial charge in [-0.05, 0) is 17.7 Å². The van der Waals surface area contributed by atoms with E-state index in [1.807, 2.05) is 6.07 Å². The molecule has 2 aromatic carbocycles. The highest BCUT2D eigenvalue weighted by atomic mass is 32.1. The minimum atomic E-state index is -1.41. The number of aliphatic hydroxyl groups is 1. The van der Waals surface area contributed by atoms with Gasteiger partial charge >= 0.3 is 0 Å². The zero-order chi connectivity index (χ0) is 15.2. The number of carbonyl (C=O) groups is 2. The lowest BCUT2D eigenvalue weighted by atomic mass is 10.0. The summed E-state index contributed by atoms with van der Waals surface area (Å²) >= 11 is 3.65. The molecule has 2 rings (SSSR count). The average Bonchev–Trinajstić information content (AvgIpc) is 2.53. The first-order valence-electron chi connectivity index (χ1n) is 6.41. The van der Waals surface area contributed by atoms with E-state index in [0.717, 1.165) is 0 Å². The lowest BCUT2D eigenvalue weighted by molar-refractivity contribution is -0.119. The van der Waals surface area contributed by atoms with E-state index in [1.54, 1.807) is 54.6 Å². The van der Waals surface area contributed by atoms with Gasteiger partial charge in [-0.2, -0.15) is 0 Å². The predicted octanol–water partition coefficient (Wildman–Crippen LogP) is 1.97. The quantitative estimate of drug-likeness (QED) is 0.740. The minimum Gasteiger partial charge on any atom is -0.382 e. The molecule has 0 bridgehead atoms. The maximum absolute atomic E-state index is 12.2. The fourth-order valence-corrected chi connectivity index (χ4v) is 2.11. The van der Waals surface area contributed by atoms with Gasteiger partial charge in [0.05, 0.1) is 6.04 Å². The Bertz CT molecular complexity index is 616. The first kappa shape index (κ1) is 15.3. The molecule has 0 aliphatic heterocycles. The molecule has 0 saturated carbocycles. The Labute approximate surface area is 128 Å². The molecule has 2 N–H and O–H groups in total. The number of carbonyl (C=O) groups excluding carboxylic acids is 2. The number of nitrogens with one attached hydrogen (secondary N) is 1. The topological polar surface area (TPSA) is 66.4 Å². The van der Waals surface area contributed by atoms with Crippen LogP contribution in [0.5, 0.6) is 0 Å². The summed E-state index contributed by atoms with van der Waals surface area (Å²) in [6, 6.07) is 16.6. The molecule has 1 amide bonds. The van der Waals surface area contributed by atoms with Crippen LogP contribution in [0.4, 0.5) is 0 Å². The Morgan fingerprint density at radius 3 is 2.00 bits per heavy atom. The van der Waals surface area contributed by atoms with Crippen LogP contribution in [0.3, 0.4) is 0 Å². The zero-order valence-electron chi connectivity index (χ0n) is 11.1. The molecule has 2 aromatic rings. The maximum Gasteiger partial charge on any atom is 0.251 e. The Kier molecular flexibility index (Phi) is 5.14. The molecule has 0 spiro atoms. The van der Waals surface area contributed by atoms with E-state index in [9.17, 15) is 14.7 Å². The second-order valence-corrected chi connectivity index (χ2v) is 4.95. The predicted molar refractivity (Wildman–Crippen MR) is 83.1 cm³/mol. The fourth-order valence-electron chi connectivity index (χ4n) is 1.96. The van der Waals surface area contributed by atoms with Crippen molar-refractivity contribution < 1.29 is 14.7 Å². The summed E-state index contributed by atoms with van der Waals surface area (Å²) in [5, 5.41) is 12.0. The van der Waals surface area contributed by atoms with Gasteiger partial charge in [-0.1, -0.05) is 48.5 Å². The van der Waals surface area contributed by atoms with Gasteiger partial charge in [0.1, 0.15) is 6.10 Å². The summed E-state index contributed by atoms with van der Waals surface area (Å²) in [7, 11) is 0. The van der Waals surface area contributed by atoms with E-state index in [4.69, 9.17) is 0 Å². The molecule has 4 nitrogen and oxygen atoms in total. The molecule has 0 saturated heterocycles. The van der Waals surface area contributed by atoms with E-state index in [-0.39, 0.29) is 5.91 Å². The van der Waals surface area contributed by atoms with Crippen LogP contribution in [-0.2, 0) is 4.79 Å². The van der Waals surface area contributed by atoms with Gasteiger partial charge in [0, 0.05) is 5.56 Å². The molecule has 0 radical (unpaired) electrons. The van der Waals surface area contributed by atoms with Gasteiger partial charge in [-0.25, -0.2) is 0 Å². The molecule has 0 fully saturated rings. The molecule has 2 unspecified atom stereocenters. The molecule has 2 atom stereocenters. The molecule has 0 aliphatic carbocycles. The van der Waals surface area contributed by atoms with Crippen molar-refractivity contribution in [3.63, 3.8) is 0 Å². The zero-order valence-corrected chi connectivity index (χ0v) is 12.0. The second kappa shape index (κ2) is 7.06. The Balaban J connectivity index is 2.25. The van der Waals surface area contributed by atoms with Gasteiger partial charge in [-0.15, -0.1) is 12.6 Å². The first-order chi connectivity index (χ1) is 10.1. The number of hydrogen-bond donors (Lipinski definition) is 3. The van der Waals surface area contributed by atoms with E-state index < -0.39 is 17.3 Å². The summed E-state index contributed by atoms with van der Waals surface area (Å²) in [6.07, 6.45) is -1.41. The number of amides is 1. The second-order valence-electron chi connectivity index (χ2n) is 4.51. The van der Waals surface area contributed by atoms with Gasteiger partial charge in [0.25, 0.3) is 5.91 Å². The number of benzene rings is 2. The van der Waals surface area contributed by atoms with Gasteiger partial charge in [-0.3, -0.25) is 9.59 Å². The smallest absolute Gasteiger partial charge is 0.251 e. The number of thiol groups is 1. The van der Waals surface area contributed by atoms with Crippen molar-refractivity contribution in [2.45, 2.75) is 12.1 Å². The maximum atomic E-state index is 12.2. The molecular formula is C16H15NO3S. The molecule has 0 aliphatic rings. The summed E-state index contributed by atoms with van der Waals surface area (Å²) < 4.78 is 0. The number of aliphatic hydroxyl groups excluding tert-OH is 1. The van der Waals surface area contributed by atoms with Crippen LogP contribution < -0.4 is 5.32 Å². The third kappa shape index (κ3) is 3.93. The standard InChI is InChI=1S/C16H15NO3S/c18-14(16(20)21)13(11-7-3-1-4-8-11)17-15(19)12-9-5-2-6-10-12/h1-10,13-14,18H,(H,17,19)(H,20,21). The van der Waals surface area contributed by atoms with Crippen LogP contribution in [-0.4, -0.2) is 22.2 Å². The summed E-state index contributed by atoms with van der Waals surface area (Å²) in [4.78, 5) is 23.5. The van der Waals surface area contributed by atoms with Crippen molar-refractivity contribution in [2.75, 3.05) is 0 Å². The van der Waals surface area contributed by atoms with Crippen LogP contribution in [0.25, 0.3) is 0 Å². The normalized spacial score (nSPS) is 13.2. The van der Waals surface area contributed by atoms with E-state index >= 15 is 0 Å². The van der Waals surface area contributed by atoms with Crippen LogP contribution in [0.15, 0.2) is 60.7 Å². The average molecular weight is 301 g/mol. The van der Waals surface area contributed by atoms with Gasteiger partial charge in [0.2, 0.25) is 5.12 Å². The van der Waals surface area contributed by atoms with Crippen LogP contribution in [0.2, 0.25) is 0 Å². The first-order valence-corrected chi connectivity index (χ1v) is 6.86. The van der Waals surface area contributed by atoms with Crippen molar-refractivity contribution >= 4 is 23.7 Å².